The highest BCUT2D eigenvalue weighted by molar-refractivity contribution is 5.91. The number of carbonyl (C=O) groups is 1. The molecule has 0 aliphatic rings. The van der Waals surface area contributed by atoms with Crippen molar-refractivity contribution in [2.45, 2.75) is 0 Å². The lowest BCUT2D eigenvalue weighted by Crippen LogP contribution is -2.24. The number of hydrogen-bond donors (Lipinski definition) is 0. The molecule has 0 atom stereocenters. The first-order valence-electron chi connectivity index (χ1n) is 5.30. The topological polar surface area (TPSA) is 42.7 Å². The largest absolute Gasteiger partial charge is 0.451 e. The van der Waals surface area contributed by atoms with Crippen LogP contribution >= 0.6 is 0 Å². The van der Waals surface area contributed by atoms with E-state index in [1.165, 1.54) is 26.3 Å². The maximum absolute atomic E-state index is 13.5. The molecule has 2 rings (SSSR count). The van der Waals surface area contributed by atoms with Gasteiger partial charge in [0.05, 0.1) is 12.7 Å². The van der Waals surface area contributed by atoms with Crippen LogP contribution in [0, 0.1) is 5.82 Å². The highest BCUT2D eigenvalue weighted by Gasteiger charge is 2.17. The summed E-state index contributed by atoms with van der Waals surface area (Å²) >= 11 is 0. The van der Waals surface area contributed by atoms with Crippen molar-refractivity contribution in [3.05, 3.63) is 48.0 Å². The molecule has 1 aromatic heterocycles. The summed E-state index contributed by atoms with van der Waals surface area (Å²) < 4.78 is 18.9. The van der Waals surface area contributed by atoms with Crippen molar-refractivity contribution in [2.24, 2.45) is 0 Å². The third-order valence-corrected chi connectivity index (χ3v) is 2.52. The Balaban J connectivity index is 2.32. The predicted molar refractivity (Wildman–Crippen MR) is 63.2 cm³/mol. The molecule has 0 aliphatic carbocycles. The number of rotatable bonds is 3. The quantitative estimate of drug-likeness (QED) is 0.785. The lowest BCUT2D eigenvalue weighted by molar-refractivity contribution is -0.0773. The van der Waals surface area contributed by atoms with Gasteiger partial charge in [-0.1, -0.05) is 12.1 Å². The SMILES string of the molecule is CON(C)C(=O)c1ccc(-c2ccccc2F)o1. The second kappa shape index (κ2) is 5.01. The second-order valence-corrected chi connectivity index (χ2v) is 3.63. The Labute approximate surface area is 104 Å². The molecule has 1 amide bonds. The van der Waals surface area contributed by atoms with Crippen molar-refractivity contribution >= 4 is 5.91 Å². The van der Waals surface area contributed by atoms with Crippen molar-refractivity contribution in [3.63, 3.8) is 0 Å². The van der Waals surface area contributed by atoms with Gasteiger partial charge in [-0.05, 0) is 24.3 Å². The lowest BCUT2D eigenvalue weighted by Gasteiger charge is -2.11. The highest BCUT2D eigenvalue weighted by Crippen LogP contribution is 2.25. The fourth-order valence-corrected chi connectivity index (χ4v) is 1.50. The molecular weight excluding hydrogens is 237 g/mol. The van der Waals surface area contributed by atoms with Gasteiger partial charge in [-0.3, -0.25) is 9.63 Å². The predicted octanol–water partition coefficient (Wildman–Crippen LogP) is 2.72. The molecule has 94 valence electrons. The van der Waals surface area contributed by atoms with Crippen LogP contribution in [0.15, 0.2) is 40.8 Å². The summed E-state index contributed by atoms with van der Waals surface area (Å²) in [7, 11) is 2.84. The maximum atomic E-state index is 13.5. The van der Waals surface area contributed by atoms with Crippen LogP contribution in [0.25, 0.3) is 11.3 Å². The number of benzene rings is 1. The molecule has 0 unspecified atom stereocenters. The molecule has 4 nitrogen and oxygen atoms in total. The minimum atomic E-state index is -0.430. The molecule has 0 aliphatic heterocycles. The van der Waals surface area contributed by atoms with Crippen LogP contribution in [0.5, 0.6) is 0 Å². The standard InChI is InChI=1S/C13H12FNO3/c1-15(17-2)13(16)12-8-7-11(18-12)9-5-3-4-6-10(9)14/h3-8H,1-2H3. The van der Waals surface area contributed by atoms with Crippen molar-refractivity contribution in [3.8, 4) is 11.3 Å². The van der Waals surface area contributed by atoms with Gasteiger partial charge < -0.3 is 4.42 Å². The Morgan fingerprint density at radius 3 is 2.67 bits per heavy atom. The number of hydroxylamine groups is 2. The minimum absolute atomic E-state index is 0.0950. The zero-order valence-electron chi connectivity index (χ0n) is 10.0. The van der Waals surface area contributed by atoms with Crippen LogP contribution in [0.4, 0.5) is 4.39 Å². The van der Waals surface area contributed by atoms with Gasteiger partial charge in [0, 0.05) is 7.05 Å². The highest BCUT2D eigenvalue weighted by atomic mass is 19.1. The van der Waals surface area contributed by atoms with Crippen molar-refractivity contribution in [1.29, 1.82) is 0 Å². The summed E-state index contributed by atoms with van der Waals surface area (Å²) in [5.74, 6) is -0.426. The van der Waals surface area contributed by atoms with E-state index in [0.717, 1.165) is 5.06 Å². The van der Waals surface area contributed by atoms with Gasteiger partial charge in [-0.2, -0.15) is 0 Å². The average Bonchev–Trinajstić information content (AvgIpc) is 2.87. The van der Waals surface area contributed by atoms with Crippen molar-refractivity contribution in [2.75, 3.05) is 14.2 Å². The number of halogens is 1. The molecule has 0 bridgehead atoms. The van der Waals surface area contributed by atoms with Gasteiger partial charge in [0.1, 0.15) is 11.6 Å². The fraction of sp³-hybridized carbons (Fsp3) is 0.154. The Bertz CT molecular complexity index is 565. The molecule has 2 aromatic rings. The Morgan fingerprint density at radius 1 is 1.28 bits per heavy atom. The van der Waals surface area contributed by atoms with Gasteiger partial charge >= 0.3 is 5.91 Å². The second-order valence-electron chi connectivity index (χ2n) is 3.63. The number of carbonyl (C=O) groups excluding carboxylic acids is 1. The maximum Gasteiger partial charge on any atom is 0.312 e. The Hall–Kier alpha value is -2.14. The van der Waals surface area contributed by atoms with E-state index in [-0.39, 0.29) is 5.76 Å². The summed E-state index contributed by atoms with van der Waals surface area (Å²) in [5, 5.41) is 1.03. The first kappa shape index (κ1) is 12.3. The van der Waals surface area contributed by atoms with Crippen LogP contribution in [-0.4, -0.2) is 25.1 Å². The van der Waals surface area contributed by atoms with E-state index in [1.54, 1.807) is 24.3 Å². The fourth-order valence-electron chi connectivity index (χ4n) is 1.50. The van der Waals surface area contributed by atoms with Crippen LogP contribution in [0.3, 0.4) is 0 Å². The lowest BCUT2D eigenvalue weighted by atomic mass is 10.1. The minimum Gasteiger partial charge on any atom is -0.451 e. The molecule has 0 saturated carbocycles. The monoisotopic (exact) mass is 249 g/mol. The third kappa shape index (κ3) is 2.26. The summed E-state index contributed by atoms with van der Waals surface area (Å²) in [6.07, 6.45) is 0. The normalized spacial score (nSPS) is 10.4. The molecule has 0 spiro atoms. The molecule has 18 heavy (non-hydrogen) atoms. The smallest absolute Gasteiger partial charge is 0.312 e. The number of furan rings is 1. The van der Waals surface area contributed by atoms with Gasteiger partial charge in [0.25, 0.3) is 0 Å². The summed E-state index contributed by atoms with van der Waals surface area (Å²) in [6, 6.07) is 9.24. The van der Waals surface area contributed by atoms with Gasteiger partial charge in [0.2, 0.25) is 0 Å². The van der Waals surface area contributed by atoms with Crippen LogP contribution in [0.2, 0.25) is 0 Å². The van der Waals surface area contributed by atoms with Gasteiger partial charge in [0.15, 0.2) is 5.76 Å². The molecule has 0 fully saturated rings. The van der Waals surface area contributed by atoms with E-state index in [9.17, 15) is 9.18 Å². The van der Waals surface area contributed by atoms with E-state index in [4.69, 9.17) is 9.25 Å². The molecule has 0 saturated heterocycles. The van der Waals surface area contributed by atoms with E-state index in [1.807, 2.05) is 0 Å². The molecule has 0 radical (unpaired) electrons. The van der Waals surface area contributed by atoms with Crippen molar-refractivity contribution in [1.82, 2.24) is 5.06 Å². The van der Waals surface area contributed by atoms with E-state index < -0.39 is 11.7 Å². The van der Waals surface area contributed by atoms with E-state index in [0.29, 0.717) is 11.3 Å². The number of amides is 1. The van der Waals surface area contributed by atoms with Gasteiger partial charge in [-0.25, -0.2) is 9.45 Å². The Morgan fingerprint density at radius 2 is 2.00 bits per heavy atom. The van der Waals surface area contributed by atoms with E-state index >= 15 is 0 Å². The molecule has 0 N–H and O–H groups in total. The first-order valence-corrected chi connectivity index (χ1v) is 5.30. The number of hydrogen-bond acceptors (Lipinski definition) is 3. The zero-order chi connectivity index (χ0) is 13.1. The zero-order valence-corrected chi connectivity index (χ0v) is 10.0. The third-order valence-electron chi connectivity index (χ3n) is 2.52. The van der Waals surface area contributed by atoms with Crippen LogP contribution in [-0.2, 0) is 4.84 Å². The number of nitrogens with zero attached hydrogens (tertiary/aromatic N) is 1. The summed E-state index contributed by atoms with van der Waals surface area (Å²) in [5.41, 5.74) is 0.316. The van der Waals surface area contributed by atoms with Crippen LogP contribution in [0.1, 0.15) is 10.6 Å². The Kier molecular flexibility index (Phi) is 3.43. The first-order chi connectivity index (χ1) is 8.63. The van der Waals surface area contributed by atoms with Gasteiger partial charge in [-0.15, -0.1) is 0 Å². The average molecular weight is 249 g/mol. The summed E-state index contributed by atoms with van der Waals surface area (Å²) in [6.45, 7) is 0. The molecular formula is C13H12FNO3. The molecule has 5 heteroatoms. The summed E-state index contributed by atoms with van der Waals surface area (Å²) in [4.78, 5) is 16.5. The van der Waals surface area contributed by atoms with Crippen molar-refractivity contribution < 1.29 is 18.4 Å². The molecule has 1 aromatic carbocycles. The molecule has 1 heterocycles. The van der Waals surface area contributed by atoms with Crippen LogP contribution < -0.4 is 0 Å². The van der Waals surface area contributed by atoms with E-state index in [2.05, 4.69) is 0 Å².